The van der Waals surface area contributed by atoms with Crippen molar-refractivity contribution in [1.82, 2.24) is 14.8 Å². The molecular weight excluding hydrogens is 252 g/mol. The first kappa shape index (κ1) is 12.8. The van der Waals surface area contributed by atoms with Crippen molar-refractivity contribution in [2.24, 2.45) is 0 Å². The first-order chi connectivity index (χ1) is 8.56. The van der Waals surface area contributed by atoms with Crippen molar-refractivity contribution in [2.75, 3.05) is 31.5 Å². The molecule has 1 aromatic rings. The van der Waals surface area contributed by atoms with Gasteiger partial charge in [-0.05, 0) is 6.92 Å². The van der Waals surface area contributed by atoms with Crippen molar-refractivity contribution in [2.45, 2.75) is 13.8 Å². The molecule has 0 spiro atoms. The minimum Gasteiger partial charge on any atom is -0.339 e. The number of thiazole rings is 1. The van der Waals surface area contributed by atoms with Crippen LogP contribution in [-0.4, -0.2) is 52.9 Å². The molecular formula is C11H16N4O2S. The number of nitrogens with one attached hydrogen (secondary N) is 1. The third kappa shape index (κ3) is 2.98. The molecule has 1 saturated heterocycles. The number of urea groups is 1. The average molecular weight is 268 g/mol. The van der Waals surface area contributed by atoms with Gasteiger partial charge in [0.05, 0.1) is 5.69 Å². The third-order valence-electron chi connectivity index (χ3n) is 2.85. The predicted octanol–water partition coefficient (Wildman–Crippen LogP) is 1.15. The number of amides is 3. The Balaban J connectivity index is 1.86. The molecule has 6 nitrogen and oxygen atoms in total. The van der Waals surface area contributed by atoms with Crippen LogP contribution in [0.4, 0.5) is 9.93 Å². The molecule has 0 aromatic carbocycles. The summed E-state index contributed by atoms with van der Waals surface area (Å²) in [7, 11) is 0. The van der Waals surface area contributed by atoms with Crippen LogP contribution in [0.15, 0.2) is 5.38 Å². The fourth-order valence-electron chi connectivity index (χ4n) is 1.81. The number of aromatic nitrogens is 1. The van der Waals surface area contributed by atoms with E-state index in [-0.39, 0.29) is 11.9 Å². The Kier molecular flexibility index (Phi) is 3.81. The summed E-state index contributed by atoms with van der Waals surface area (Å²) in [6.07, 6.45) is 0. The number of nitrogens with zero attached hydrogens (tertiary/aromatic N) is 3. The van der Waals surface area contributed by atoms with E-state index in [1.807, 2.05) is 12.3 Å². The number of carbonyl (C=O) groups excluding carboxylic acids is 2. The summed E-state index contributed by atoms with van der Waals surface area (Å²) >= 11 is 1.41. The number of hydrogen-bond donors (Lipinski definition) is 1. The van der Waals surface area contributed by atoms with Crippen LogP contribution in [0.5, 0.6) is 0 Å². The normalized spacial score (nSPS) is 15.7. The highest BCUT2D eigenvalue weighted by atomic mass is 32.1. The lowest BCUT2D eigenvalue weighted by atomic mass is 10.3. The second-order valence-electron chi connectivity index (χ2n) is 4.22. The van der Waals surface area contributed by atoms with Crippen molar-refractivity contribution in [3.63, 3.8) is 0 Å². The molecule has 1 N–H and O–H groups in total. The lowest BCUT2D eigenvalue weighted by molar-refractivity contribution is -0.130. The Hall–Kier alpha value is -1.63. The van der Waals surface area contributed by atoms with Crippen LogP contribution in [0.2, 0.25) is 0 Å². The Morgan fingerprint density at radius 3 is 2.39 bits per heavy atom. The van der Waals surface area contributed by atoms with Crippen LogP contribution in [-0.2, 0) is 4.79 Å². The number of hydrogen-bond acceptors (Lipinski definition) is 4. The van der Waals surface area contributed by atoms with E-state index >= 15 is 0 Å². The maximum absolute atomic E-state index is 11.9. The maximum Gasteiger partial charge on any atom is 0.323 e. The van der Waals surface area contributed by atoms with Gasteiger partial charge in [0.25, 0.3) is 0 Å². The Bertz CT molecular complexity index is 452. The Labute approximate surface area is 110 Å². The lowest BCUT2D eigenvalue weighted by Crippen LogP contribution is -2.51. The standard InChI is InChI=1S/C11H16N4O2S/c1-8-7-18-10(12-8)13-11(17)15-5-3-14(4-6-15)9(2)16/h7H,3-6H2,1-2H3,(H,12,13,17). The minimum absolute atomic E-state index is 0.0607. The second-order valence-corrected chi connectivity index (χ2v) is 5.08. The predicted molar refractivity (Wildman–Crippen MR) is 69.7 cm³/mol. The molecule has 1 fully saturated rings. The number of anilines is 1. The van der Waals surface area contributed by atoms with Gasteiger partial charge in [-0.25, -0.2) is 9.78 Å². The summed E-state index contributed by atoms with van der Waals surface area (Å²) in [4.78, 5) is 30.7. The molecule has 3 amide bonds. The fraction of sp³-hybridized carbons (Fsp3) is 0.545. The van der Waals surface area contributed by atoms with Gasteiger partial charge in [0.2, 0.25) is 5.91 Å². The molecule has 0 unspecified atom stereocenters. The SMILES string of the molecule is CC(=O)N1CCN(C(=O)Nc2nc(C)cs2)CC1. The number of rotatable bonds is 1. The number of carbonyl (C=O) groups is 2. The average Bonchev–Trinajstić information content (AvgIpc) is 2.75. The van der Waals surface area contributed by atoms with Gasteiger partial charge < -0.3 is 9.80 Å². The van der Waals surface area contributed by atoms with Gasteiger partial charge in [-0.1, -0.05) is 0 Å². The Morgan fingerprint density at radius 2 is 1.89 bits per heavy atom. The molecule has 98 valence electrons. The van der Waals surface area contributed by atoms with Crippen LogP contribution in [0.3, 0.4) is 0 Å². The summed E-state index contributed by atoms with van der Waals surface area (Å²) in [5, 5.41) is 5.28. The third-order valence-corrected chi connectivity index (χ3v) is 3.72. The van der Waals surface area contributed by atoms with E-state index < -0.39 is 0 Å². The van der Waals surface area contributed by atoms with Crippen LogP contribution < -0.4 is 5.32 Å². The molecule has 0 aliphatic carbocycles. The molecule has 0 bridgehead atoms. The zero-order valence-electron chi connectivity index (χ0n) is 10.5. The van der Waals surface area contributed by atoms with Crippen molar-refractivity contribution in [3.8, 4) is 0 Å². The molecule has 1 aliphatic heterocycles. The van der Waals surface area contributed by atoms with E-state index in [4.69, 9.17) is 0 Å². The van der Waals surface area contributed by atoms with Crippen molar-refractivity contribution < 1.29 is 9.59 Å². The van der Waals surface area contributed by atoms with Gasteiger partial charge in [0.15, 0.2) is 5.13 Å². The van der Waals surface area contributed by atoms with Gasteiger partial charge >= 0.3 is 6.03 Å². The summed E-state index contributed by atoms with van der Waals surface area (Å²) in [5.74, 6) is 0.0607. The molecule has 0 saturated carbocycles. The first-order valence-electron chi connectivity index (χ1n) is 5.80. The molecule has 1 aliphatic rings. The van der Waals surface area contributed by atoms with E-state index in [1.165, 1.54) is 11.3 Å². The zero-order valence-corrected chi connectivity index (χ0v) is 11.3. The molecule has 2 heterocycles. The smallest absolute Gasteiger partial charge is 0.323 e. The molecule has 2 rings (SSSR count). The van der Waals surface area contributed by atoms with E-state index in [9.17, 15) is 9.59 Å². The lowest BCUT2D eigenvalue weighted by Gasteiger charge is -2.33. The van der Waals surface area contributed by atoms with E-state index in [0.29, 0.717) is 31.3 Å². The van der Waals surface area contributed by atoms with Crippen LogP contribution >= 0.6 is 11.3 Å². The number of aryl methyl sites for hydroxylation is 1. The van der Waals surface area contributed by atoms with Crippen LogP contribution in [0.25, 0.3) is 0 Å². The van der Waals surface area contributed by atoms with Gasteiger partial charge in [-0.15, -0.1) is 11.3 Å². The maximum atomic E-state index is 11.9. The first-order valence-corrected chi connectivity index (χ1v) is 6.68. The largest absolute Gasteiger partial charge is 0.339 e. The topological polar surface area (TPSA) is 65.5 Å². The molecule has 0 radical (unpaired) electrons. The highest BCUT2D eigenvalue weighted by Crippen LogP contribution is 2.15. The van der Waals surface area contributed by atoms with Gasteiger partial charge in [-0.2, -0.15) is 0 Å². The van der Waals surface area contributed by atoms with E-state index in [0.717, 1.165) is 5.69 Å². The summed E-state index contributed by atoms with van der Waals surface area (Å²) < 4.78 is 0. The quantitative estimate of drug-likeness (QED) is 0.831. The van der Waals surface area contributed by atoms with E-state index in [2.05, 4.69) is 10.3 Å². The fourth-order valence-corrected chi connectivity index (χ4v) is 2.48. The highest BCUT2D eigenvalue weighted by Gasteiger charge is 2.22. The van der Waals surface area contributed by atoms with Gasteiger partial charge in [-0.3, -0.25) is 10.1 Å². The van der Waals surface area contributed by atoms with E-state index in [1.54, 1.807) is 16.7 Å². The molecule has 1 aromatic heterocycles. The van der Waals surface area contributed by atoms with Crippen molar-refractivity contribution in [3.05, 3.63) is 11.1 Å². The monoisotopic (exact) mass is 268 g/mol. The second kappa shape index (κ2) is 5.34. The molecule has 18 heavy (non-hydrogen) atoms. The number of piperazine rings is 1. The van der Waals surface area contributed by atoms with Crippen LogP contribution in [0, 0.1) is 6.92 Å². The van der Waals surface area contributed by atoms with Gasteiger partial charge in [0, 0.05) is 38.5 Å². The Morgan fingerprint density at radius 1 is 1.28 bits per heavy atom. The van der Waals surface area contributed by atoms with Crippen LogP contribution in [0.1, 0.15) is 12.6 Å². The summed E-state index contributed by atoms with van der Waals surface area (Å²) in [6, 6.07) is -0.146. The van der Waals surface area contributed by atoms with Crippen molar-refractivity contribution >= 4 is 28.4 Å². The summed E-state index contributed by atoms with van der Waals surface area (Å²) in [5.41, 5.74) is 0.900. The molecule has 7 heteroatoms. The summed E-state index contributed by atoms with van der Waals surface area (Å²) in [6.45, 7) is 5.76. The van der Waals surface area contributed by atoms with Crippen molar-refractivity contribution in [1.29, 1.82) is 0 Å². The zero-order chi connectivity index (χ0) is 13.1. The highest BCUT2D eigenvalue weighted by molar-refractivity contribution is 7.13. The van der Waals surface area contributed by atoms with Gasteiger partial charge in [0.1, 0.15) is 0 Å². The minimum atomic E-state index is -0.146. The molecule has 0 atom stereocenters.